The highest BCUT2D eigenvalue weighted by Crippen LogP contribution is 2.13. The first-order chi connectivity index (χ1) is 8.34. The van der Waals surface area contributed by atoms with E-state index >= 15 is 0 Å². The Bertz CT molecular complexity index is 548. The molecule has 0 aliphatic carbocycles. The molecular formula is C12H15ClN4O. The number of carbonyl (C=O) groups excluding carboxylic acids is 1. The van der Waals surface area contributed by atoms with Crippen LogP contribution in [-0.4, -0.2) is 47.0 Å². The molecule has 6 heteroatoms. The van der Waals surface area contributed by atoms with E-state index in [9.17, 15) is 4.79 Å². The van der Waals surface area contributed by atoms with Gasteiger partial charge >= 0.3 is 0 Å². The van der Waals surface area contributed by atoms with Gasteiger partial charge < -0.3 is 15.2 Å². The molecule has 3 rings (SSSR count). The molecule has 2 heterocycles. The van der Waals surface area contributed by atoms with Gasteiger partial charge in [0, 0.05) is 31.7 Å². The largest absolute Gasteiger partial charge is 0.345 e. The Hall–Kier alpha value is -1.59. The topological polar surface area (TPSA) is 61.0 Å². The van der Waals surface area contributed by atoms with Gasteiger partial charge in [-0.15, -0.1) is 12.4 Å². The van der Waals surface area contributed by atoms with Crippen LogP contribution in [0.1, 0.15) is 10.4 Å². The number of benzene rings is 1. The van der Waals surface area contributed by atoms with Crippen molar-refractivity contribution in [1.29, 1.82) is 0 Å². The third kappa shape index (κ3) is 2.32. The van der Waals surface area contributed by atoms with Crippen LogP contribution in [0.2, 0.25) is 0 Å². The first kappa shape index (κ1) is 12.9. The third-order valence-electron chi connectivity index (χ3n) is 3.07. The van der Waals surface area contributed by atoms with Crippen molar-refractivity contribution in [2.75, 3.05) is 26.2 Å². The third-order valence-corrected chi connectivity index (χ3v) is 3.07. The number of hydrogen-bond acceptors (Lipinski definition) is 3. The van der Waals surface area contributed by atoms with Gasteiger partial charge in [0.15, 0.2) is 0 Å². The van der Waals surface area contributed by atoms with E-state index < -0.39 is 0 Å². The normalized spacial score (nSPS) is 15.4. The lowest BCUT2D eigenvalue weighted by Gasteiger charge is -2.27. The number of carbonyl (C=O) groups is 1. The fraction of sp³-hybridized carbons (Fsp3) is 0.333. The molecule has 0 saturated carbocycles. The van der Waals surface area contributed by atoms with Crippen molar-refractivity contribution in [2.24, 2.45) is 0 Å². The molecule has 0 radical (unpaired) electrons. The van der Waals surface area contributed by atoms with E-state index in [1.165, 1.54) is 0 Å². The second-order valence-corrected chi connectivity index (χ2v) is 4.18. The van der Waals surface area contributed by atoms with Crippen LogP contribution in [0, 0.1) is 0 Å². The Labute approximate surface area is 111 Å². The summed E-state index contributed by atoms with van der Waals surface area (Å²) in [6, 6.07) is 5.58. The van der Waals surface area contributed by atoms with Gasteiger partial charge in [0.25, 0.3) is 5.91 Å². The van der Waals surface area contributed by atoms with Crippen molar-refractivity contribution in [3.63, 3.8) is 0 Å². The molecule has 2 N–H and O–H groups in total. The zero-order valence-corrected chi connectivity index (χ0v) is 10.7. The highest BCUT2D eigenvalue weighted by molar-refractivity contribution is 5.97. The summed E-state index contributed by atoms with van der Waals surface area (Å²) in [6.45, 7) is 3.30. The van der Waals surface area contributed by atoms with Crippen LogP contribution in [0.5, 0.6) is 0 Å². The highest BCUT2D eigenvalue weighted by Gasteiger charge is 2.18. The quantitative estimate of drug-likeness (QED) is 0.811. The van der Waals surface area contributed by atoms with Gasteiger partial charge in [-0.25, -0.2) is 4.98 Å². The number of imidazole rings is 1. The average molecular weight is 267 g/mol. The van der Waals surface area contributed by atoms with Gasteiger partial charge in [-0.3, -0.25) is 4.79 Å². The van der Waals surface area contributed by atoms with Gasteiger partial charge in [-0.1, -0.05) is 0 Å². The lowest BCUT2D eigenvalue weighted by Crippen LogP contribution is -2.46. The van der Waals surface area contributed by atoms with E-state index in [0.29, 0.717) is 0 Å². The summed E-state index contributed by atoms with van der Waals surface area (Å²) in [7, 11) is 0. The minimum absolute atomic E-state index is 0. The summed E-state index contributed by atoms with van der Waals surface area (Å²) >= 11 is 0. The second-order valence-electron chi connectivity index (χ2n) is 4.18. The zero-order chi connectivity index (χ0) is 11.7. The van der Waals surface area contributed by atoms with E-state index in [2.05, 4.69) is 15.3 Å². The molecule has 0 unspecified atom stereocenters. The SMILES string of the molecule is Cl.O=C(c1ccc2nc[nH]c2c1)N1CCNCC1. The van der Waals surface area contributed by atoms with Crippen molar-refractivity contribution >= 4 is 29.3 Å². The van der Waals surface area contributed by atoms with E-state index in [-0.39, 0.29) is 18.3 Å². The van der Waals surface area contributed by atoms with Gasteiger partial charge in [0.1, 0.15) is 0 Å². The second kappa shape index (κ2) is 5.37. The number of aromatic nitrogens is 2. The number of aromatic amines is 1. The Kier molecular flexibility index (Phi) is 3.84. The molecule has 1 amide bonds. The number of piperazine rings is 1. The molecule has 1 saturated heterocycles. The summed E-state index contributed by atoms with van der Waals surface area (Å²) in [5.41, 5.74) is 2.52. The van der Waals surface area contributed by atoms with E-state index in [0.717, 1.165) is 42.8 Å². The molecule has 1 aromatic heterocycles. The summed E-state index contributed by atoms with van der Waals surface area (Å²) in [6.07, 6.45) is 1.64. The number of amides is 1. The maximum Gasteiger partial charge on any atom is 0.254 e. The predicted molar refractivity (Wildman–Crippen MR) is 72.1 cm³/mol. The summed E-state index contributed by atoms with van der Waals surface area (Å²) in [5, 5.41) is 3.24. The van der Waals surface area contributed by atoms with Crippen molar-refractivity contribution in [3.05, 3.63) is 30.1 Å². The maximum absolute atomic E-state index is 12.2. The molecule has 1 fully saturated rings. The first-order valence-corrected chi connectivity index (χ1v) is 5.78. The molecule has 2 aromatic rings. The van der Waals surface area contributed by atoms with E-state index in [4.69, 9.17) is 0 Å². The van der Waals surface area contributed by atoms with Gasteiger partial charge in [0.05, 0.1) is 17.4 Å². The maximum atomic E-state index is 12.2. The fourth-order valence-corrected chi connectivity index (χ4v) is 2.12. The minimum atomic E-state index is 0. The van der Waals surface area contributed by atoms with Crippen LogP contribution in [0.25, 0.3) is 11.0 Å². The number of nitrogens with one attached hydrogen (secondary N) is 2. The smallest absolute Gasteiger partial charge is 0.254 e. The van der Waals surface area contributed by atoms with Crippen LogP contribution in [0.3, 0.4) is 0 Å². The molecule has 96 valence electrons. The molecular weight excluding hydrogens is 252 g/mol. The van der Waals surface area contributed by atoms with E-state index in [1.54, 1.807) is 6.33 Å². The standard InChI is InChI=1S/C12H14N4O.ClH/c17-12(16-5-3-13-4-6-16)9-1-2-10-11(7-9)15-8-14-10;/h1-2,7-8,13H,3-6H2,(H,14,15);1H. The minimum Gasteiger partial charge on any atom is -0.345 e. The molecule has 18 heavy (non-hydrogen) atoms. The molecule has 1 aromatic carbocycles. The highest BCUT2D eigenvalue weighted by atomic mass is 35.5. The Balaban J connectivity index is 0.00000120. The summed E-state index contributed by atoms with van der Waals surface area (Å²) in [4.78, 5) is 21.3. The number of H-pyrrole nitrogens is 1. The lowest BCUT2D eigenvalue weighted by atomic mass is 10.1. The van der Waals surface area contributed by atoms with Crippen molar-refractivity contribution in [1.82, 2.24) is 20.2 Å². The Morgan fingerprint density at radius 3 is 2.83 bits per heavy atom. The molecule has 1 aliphatic heterocycles. The molecule has 0 bridgehead atoms. The van der Waals surface area contributed by atoms with Crippen LogP contribution in [0.4, 0.5) is 0 Å². The summed E-state index contributed by atoms with van der Waals surface area (Å²) in [5.74, 6) is 0.100. The number of rotatable bonds is 1. The van der Waals surface area contributed by atoms with Crippen LogP contribution >= 0.6 is 12.4 Å². The van der Waals surface area contributed by atoms with Crippen molar-refractivity contribution < 1.29 is 4.79 Å². The predicted octanol–water partition coefficient (Wildman–Crippen LogP) is 1.03. The number of halogens is 1. The fourth-order valence-electron chi connectivity index (χ4n) is 2.12. The molecule has 0 spiro atoms. The molecule has 1 aliphatic rings. The number of fused-ring (bicyclic) bond motifs is 1. The van der Waals surface area contributed by atoms with Crippen LogP contribution < -0.4 is 5.32 Å². The Morgan fingerprint density at radius 1 is 1.28 bits per heavy atom. The zero-order valence-electron chi connectivity index (χ0n) is 9.85. The lowest BCUT2D eigenvalue weighted by molar-refractivity contribution is 0.0736. The monoisotopic (exact) mass is 266 g/mol. The number of nitrogens with zero attached hydrogens (tertiary/aromatic N) is 2. The Morgan fingerprint density at radius 2 is 2.06 bits per heavy atom. The van der Waals surface area contributed by atoms with Crippen LogP contribution in [0.15, 0.2) is 24.5 Å². The van der Waals surface area contributed by atoms with E-state index in [1.807, 2.05) is 23.1 Å². The molecule has 0 atom stereocenters. The number of hydrogen-bond donors (Lipinski definition) is 2. The van der Waals surface area contributed by atoms with Gasteiger partial charge in [-0.05, 0) is 18.2 Å². The first-order valence-electron chi connectivity index (χ1n) is 5.78. The van der Waals surface area contributed by atoms with Gasteiger partial charge in [-0.2, -0.15) is 0 Å². The van der Waals surface area contributed by atoms with Gasteiger partial charge in [0.2, 0.25) is 0 Å². The van der Waals surface area contributed by atoms with Crippen molar-refractivity contribution in [2.45, 2.75) is 0 Å². The van der Waals surface area contributed by atoms with Crippen LogP contribution in [-0.2, 0) is 0 Å². The van der Waals surface area contributed by atoms with Crippen molar-refractivity contribution in [3.8, 4) is 0 Å². The molecule has 5 nitrogen and oxygen atoms in total. The summed E-state index contributed by atoms with van der Waals surface area (Å²) < 4.78 is 0. The average Bonchev–Trinajstić information content (AvgIpc) is 2.86.